The second-order valence-corrected chi connectivity index (χ2v) is 5.43. The first-order chi connectivity index (χ1) is 9.29. The maximum absolute atomic E-state index is 9.16. The van der Waals surface area contributed by atoms with E-state index in [1.807, 2.05) is 11.7 Å². The molecule has 3 heterocycles. The Balaban J connectivity index is 1.84. The van der Waals surface area contributed by atoms with E-state index in [-0.39, 0.29) is 0 Å². The zero-order valence-corrected chi connectivity index (χ0v) is 11.4. The standard InChI is InChI=1S/C14H20N4O/c1-17-14-10-18(11-4-7-19-8-5-11)6-2-3-12(14)13(9-15)16-17/h11H,2-8,10H2,1H3. The van der Waals surface area contributed by atoms with Crippen LogP contribution in [0.3, 0.4) is 0 Å². The molecule has 102 valence electrons. The highest BCUT2D eigenvalue weighted by atomic mass is 16.5. The average Bonchev–Trinajstić information content (AvgIpc) is 2.65. The lowest BCUT2D eigenvalue weighted by molar-refractivity contribution is 0.0307. The summed E-state index contributed by atoms with van der Waals surface area (Å²) in [5.74, 6) is 0. The Bertz CT molecular complexity index is 496. The highest BCUT2D eigenvalue weighted by molar-refractivity contribution is 5.36. The van der Waals surface area contributed by atoms with Crippen molar-refractivity contribution >= 4 is 0 Å². The minimum Gasteiger partial charge on any atom is -0.381 e. The lowest BCUT2D eigenvalue weighted by atomic mass is 10.1. The van der Waals surface area contributed by atoms with Gasteiger partial charge in [0.25, 0.3) is 0 Å². The first kappa shape index (κ1) is 12.6. The summed E-state index contributed by atoms with van der Waals surface area (Å²) >= 11 is 0. The molecule has 5 nitrogen and oxygen atoms in total. The molecule has 3 rings (SSSR count). The number of aromatic nitrogens is 2. The van der Waals surface area contributed by atoms with Crippen molar-refractivity contribution in [3.63, 3.8) is 0 Å². The Morgan fingerprint density at radius 3 is 2.89 bits per heavy atom. The summed E-state index contributed by atoms with van der Waals surface area (Å²) in [6.07, 6.45) is 4.34. The van der Waals surface area contributed by atoms with Gasteiger partial charge in [-0.1, -0.05) is 0 Å². The zero-order valence-electron chi connectivity index (χ0n) is 11.4. The van der Waals surface area contributed by atoms with E-state index in [1.54, 1.807) is 0 Å². The first-order valence-electron chi connectivity index (χ1n) is 7.06. The third kappa shape index (κ3) is 2.38. The number of ether oxygens (including phenoxy) is 1. The molecule has 2 aliphatic heterocycles. The maximum atomic E-state index is 9.16. The van der Waals surface area contributed by atoms with Crippen molar-refractivity contribution in [1.29, 1.82) is 5.26 Å². The van der Waals surface area contributed by atoms with Gasteiger partial charge < -0.3 is 4.74 Å². The van der Waals surface area contributed by atoms with Gasteiger partial charge >= 0.3 is 0 Å². The minimum absolute atomic E-state index is 0.617. The van der Waals surface area contributed by atoms with Crippen LogP contribution in [0.1, 0.15) is 36.2 Å². The van der Waals surface area contributed by atoms with E-state index in [4.69, 9.17) is 10.00 Å². The SMILES string of the molecule is Cn1nc(C#N)c2c1CN(C1CCOCC1)CCC2. The van der Waals surface area contributed by atoms with E-state index in [0.717, 1.165) is 52.0 Å². The molecule has 1 aromatic rings. The third-order valence-electron chi connectivity index (χ3n) is 4.31. The van der Waals surface area contributed by atoms with Gasteiger partial charge in [0, 0.05) is 38.4 Å². The summed E-state index contributed by atoms with van der Waals surface area (Å²) in [7, 11) is 1.95. The molecule has 0 unspecified atom stereocenters. The van der Waals surface area contributed by atoms with Crippen LogP contribution in [0.25, 0.3) is 0 Å². The highest BCUT2D eigenvalue weighted by Gasteiger charge is 2.27. The Labute approximate surface area is 113 Å². The molecule has 19 heavy (non-hydrogen) atoms. The van der Waals surface area contributed by atoms with Gasteiger partial charge in [0.1, 0.15) is 6.07 Å². The molecule has 0 spiro atoms. The predicted molar refractivity (Wildman–Crippen MR) is 70.5 cm³/mol. The number of nitriles is 1. The number of nitrogens with zero attached hydrogens (tertiary/aromatic N) is 4. The molecule has 0 atom stereocenters. The third-order valence-corrected chi connectivity index (χ3v) is 4.31. The molecule has 0 amide bonds. The number of hydrogen-bond acceptors (Lipinski definition) is 4. The van der Waals surface area contributed by atoms with Crippen molar-refractivity contribution in [3.05, 3.63) is 17.0 Å². The number of rotatable bonds is 1. The Kier molecular flexibility index (Phi) is 3.54. The fraction of sp³-hybridized carbons (Fsp3) is 0.714. The summed E-state index contributed by atoms with van der Waals surface area (Å²) < 4.78 is 7.34. The fourth-order valence-corrected chi connectivity index (χ4v) is 3.25. The molecule has 0 aromatic carbocycles. The smallest absolute Gasteiger partial charge is 0.165 e. The van der Waals surface area contributed by atoms with Crippen LogP contribution in [-0.4, -0.2) is 40.5 Å². The summed E-state index contributed by atoms with van der Waals surface area (Å²) in [6.45, 7) is 3.79. The van der Waals surface area contributed by atoms with E-state index in [2.05, 4.69) is 16.1 Å². The van der Waals surface area contributed by atoms with E-state index < -0.39 is 0 Å². The summed E-state index contributed by atoms with van der Waals surface area (Å²) in [5.41, 5.74) is 3.01. The summed E-state index contributed by atoms with van der Waals surface area (Å²) in [4.78, 5) is 2.55. The van der Waals surface area contributed by atoms with Gasteiger partial charge in [-0.15, -0.1) is 0 Å². The maximum Gasteiger partial charge on any atom is 0.165 e. The van der Waals surface area contributed by atoms with Crippen LogP contribution < -0.4 is 0 Å². The topological polar surface area (TPSA) is 54.1 Å². The van der Waals surface area contributed by atoms with Gasteiger partial charge in [0.15, 0.2) is 5.69 Å². The molecule has 0 bridgehead atoms. The van der Waals surface area contributed by atoms with Crippen LogP contribution in [0.2, 0.25) is 0 Å². The van der Waals surface area contributed by atoms with Crippen molar-refractivity contribution < 1.29 is 4.74 Å². The van der Waals surface area contributed by atoms with Crippen molar-refractivity contribution in [1.82, 2.24) is 14.7 Å². The van der Waals surface area contributed by atoms with Crippen LogP contribution in [0.5, 0.6) is 0 Å². The van der Waals surface area contributed by atoms with Crippen molar-refractivity contribution in [2.45, 2.75) is 38.3 Å². The normalized spacial score (nSPS) is 21.7. The molecule has 1 fully saturated rings. The number of hydrogen-bond donors (Lipinski definition) is 0. The molecule has 0 N–H and O–H groups in total. The minimum atomic E-state index is 0.617. The molecule has 0 radical (unpaired) electrons. The zero-order chi connectivity index (χ0) is 13.2. The molecule has 5 heteroatoms. The first-order valence-corrected chi connectivity index (χ1v) is 7.06. The Morgan fingerprint density at radius 2 is 2.16 bits per heavy atom. The number of fused-ring (bicyclic) bond motifs is 1. The molecule has 0 saturated carbocycles. The van der Waals surface area contributed by atoms with Gasteiger partial charge in [-0.05, 0) is 32.2 Å². The van der Waals surface area contributed by atoms with Crippen LogP contribution in [0.15, 0.2) is 0 Å². The van der Waals surface area contributed by atoms with Crippen LogP contribution in [-0.2, 0) is 24.8 Å². The average molecular weight is 260 g/mol. The molecule has 2 aliphatic rings. The van der Waals surface area contributed by atoms with E-state index in [0.29, 0.717) is 11.7 Å². The molecule has 1 aromatic heterocycles. The Hall–Kier alpha value is -1.38. The largest absolute Gasteiger partial charge is 0.381 e. The van der Waals surface area contributed by atoms with Crippen LogP contribution >= 0.6 is 0 Å². The second kappa shape index (κ2) is 5.32. The molecular formula is C14H20N4O. The van der Waals surface area contributed by atoms with Gasteiger partial charge in [0.2, 0.25) is 0 Å². The van der Waals surface area contributed by atoms with Gasteiger partial charge in [0.05, 0.1) is 5.69 Å². The lowest BCUT2D eigenvalue weighted by Crippen LogP contribution is -2.39. The highest BCUT2D eigenvalue weighted by Crippen LogP contribution is 2.25. The quantitative estimate of drug-likeness (QED) is 0.762. The van der Waals surface area contributed by atoms with Crippen LogP contribution in [0, 0.1) is 11.3 Å². The summed E-state index contributed by atoms with van der Waals surface area (Å²) in [6, 6.07) is 2.85. The molecule has 0 aliphatic carbocycles. The van der Waals surface area contributed by atoms with E-state index in [9.17, 15) is 0 Å². The predicted octanol–water partition coefficient (Wildman–Crippen LogP) is 1.22. The Morgan fingerprint density at radius 1 is 1.37 bits per heavy atom. The lowest BCUT2D eigenvalue weighted by Gasteiger charge is -2.33. The van der Waals surface area contributed by atoms with Gasteiger partial charge in [-0.2, -0.15) is 10.4 Å². The van der Waals surface area contributed by atoms with Crippen molar-refractivity contribution in [2.75, 3.05) is 19.8 Å². The van der Waals surface area contributed by atoms with Gasteiger partial charge in [-0.3, -0.25) is 9.58 Å². The summed E-state index contributed by atoms with van der Waals surface area (Å²) in [5, 5.41) is 13.5. The van der Waals surface area contributed by atoms with Gasteiger partial charge in [-0.25, -0.2) is 0 Å². The van der Waals surface area contributed by atoms with Crippen molar-refractivity contribution in [2.24, 2.45) is 7.05 Å². The van der Waals surface area contributed by atoms with E-state index in [1.165, 1.54) is 11.3 Å². The van der Waals surface area contributed by atoms with Crippen molar-refractivity contribution in [3.8, 4) is 6.07 Å². The van der Waals surface area contributed by atoms with E-state index >= 15 is 0 Å². The number of aryl methyl sites for hydroxylation is 1. The fourth-order valence-electron chi connectivity index (χ4n) is 3.25. The molecular weight excluding hydrogens is 240 g/mol. The molecule has 1 saturated heterocycles. The second-order valence-electron chi connectivity index (χ2n) is 5.43. The monoisotopic (exact) mass is 260 g/mol. The van der Waals surface area contributed by atoms with Crippen LogP contribution in [0.4, 0.5) is 0 Å².